The van der Waals surface area contributed by atoms with Gasteiger partial charge in [-0.05, 0) is 6.07 Å². The molecule has 0 aliphatic heterocycles. The van der Waals surface area contributed by atoms with E-state index in [1.807, 2.05) is 0 Å². The summed E-state index contributed by atoms with van der Waals surface area (Å²) in [6, 6.07) is 1.33. The molecule has 0 radical (unpaired) electrons. The second-order valence-corrected chi connectivity index (χ2v) is 4.22. The molecule has 2 rings (SSSR count). The first-order chi connectivity index (χ1) is 8.99. The van der Waals surface area contributed by atoms with Crippen molar-refractivity contribution >= 4 is 28.8 Å². The third kappa shape index (κ3) is 2.74. The van der Waals surface area contributed by atoms with Crippen LogP contribution in [0.3, 0.4) is 0 Å². The molecule has 1 heterocycles. The third-order valence-corrected chi connectivity index (χ3v) is 2.82. The van der Waals surface area contributed by atoms with Gasteiger partial charge in [-0.1, -0.05) is 0 Å². The first-order valence-corrected chi connectivity index (χ1v) is 5.91. The smallest absolute Gasteiger partial charge is 0.275 e. The Labute approximate surface area is 110 Å². The maximum Gasteiger partial charge on any atom is 0.275 e. The van der Waals surface area contributed by atoms with E-state index in [4.69, 9.17) is 5.73 Å². The molecule has 0 saturated heterocycles. The molecule has 98 valence electrons. The number of hydrogen-bond acceptors (Lipinski definition) is 4. The monoisotopic (exact) mass is 283 g/mol. The number of halogens is 2. The van der Waals surface area contributed by atoms with Crippen molar-refractivity contribution < 1.29 is 18.4 Å². The highest BCUT2D eigenvalue weighted by Crippen LogP contribution is 2.20. The fraction of sp³-hybridized carbons (Fsp3) is 0. The highest BCUT2D eigenvalue weighted by molar-refractivity contribution is 7.07. The average molecular weight is 283 g/mol. The van der Waals surface area contributed by atoms with Crippen LogP contribution < -0.4 is 11.1 Å². The van der Waals surface area contributed by atoms with Gasteiger partial charge in [0, 0.05) is 11.4 Å². The van der Waals surface area contributed by atoms with Crippen LogP contribution in [0.5, 0.6) is 0 Å². The lowest BCUT2D eigenvalue weighted by Crippen LogP contribution is -2.17. The lowest BCUT2D eigenvalue weighted by atomic mass is 10.1. The minimum atomic E-state index is -1.09. The van der Waals surface area contributed by atoms with Crippen LogP contribution in [-0.4, -0.2) is 16.8 Å². The van der Waals surface area contributed by atoms with Gasteiger partial charge in [-0.2, -0.15) is 0 Å². The number of nitrogens with zero attached hydrogens (tertiary/aromatic N) is 1. The van der Waals surface area contributed by atoms with Crippen LogP contribution >= 0.6 is 11.3 Å². The van der Waals surface area contributed by atoms with Crippen LogP contribution in [0.2, 0.25) is 0 Å². The lowest BCUT2D eigenvalue weighted by Gasteiger charge is -2.07. The Hall–Kier alpha value is -2.35. The number of amides is 2. The summed E-state index contributed by atoms with van der Waals surface area (Å²) in [4.78, 5) is 26.3. The second-order valence-electron chi connectivity index (χ2n) is 3.50. The van der Waals surface area contributed by atoms with Gasteiger partial charge in [0.05, 0.1) is 16.8 Å². The summed E-state index contributed by atoms with van der Waals surface area (Å²) in [5.41, 5.74) is 5.62. The van der Waals surface area contributed by atoms with Crippen LogP contribution in [0.4, 0.5) is 14.5 Å². The van der Waals surface area contributed by atoms with E-state index in [-0.39, 0.29) is 11.4 Å². The van der Waals surface area contributed by atoms with Gasteiger partial charge < -0.3 is 11.1 Å². The van der Waals surface area contributed by atoms with Crippen LogP contribution in [0.15, 0.2) is 23.0 Å². The zero-order valence-electron chi connectivity index (χ0n) is 9.31. The molecule has 0 fully saturated rings. The molecule has 2 aromatic rings. The van der Waals surface area contributed by atoms with Crippen molar-refractivity contribution in [2.75, 3.05) is 5.32 Å². The van der Waals surface area contributed by atoms with Gasteiger partial charge in [0.1, 0.15) is 17.3 Å². The Balaban J connectivity index is 2.32. The molecular weight excluding hydrogens is 276 g/mol. The highest BCUT2D eigenvalue weighted by Gasteiger charge is 2.16. The van der Waals surface area contributed by atoms with Crippen LogP contribution in [0.1, 0.15) is 20.8 Å². The molecule has 1 aromatic heterocycles. The van der Waals surface area contributed by atoms with Gasteiger partial charge in [-0.25, -0.2) is 13.8 Å². The molecule has 0 atom stereocenters. The van der Waals surface area contributed by atoms with E-state index >= 15 is 0 Å². The van der Waals surface area contributed by atoms with E-state index in [0.29, 0.717) is 6.07 Å². The summed E-state index contributed by atoms with van der Waals surface area (Å²) in [5, 5.41) is 3.65. The number of nitrogens with two attached hydrogens (primary N) is 1. The normalized spacial score (nSPS) is 10.2. The Morgan fingerprint density at radius 2 is 2.00 bits per heavy atom. The minimum absolute atomic E-state index is 0.0920. The van der Waals surface area contributed by atoms with Crippen molar-refractivity contribution in [3.8, 4) is 0 Å². The van der Waals surface area contributed by atoms with Gasteiger partial charge in [0.2, 0.25) is 0 Å². The van der Waals surface area contributed by atoms with Crippen LogP contribution in [-0.2, 0) is 0 Å². The van der Waals surface area contributed by atoms with Gasteiger partial charge >= 0.3 is 0 Å². The van der Waals surface area contributed by atoms with Crippen molar-refractivity contribution in [1.82, 2.24) is 4.98 Å². The first kappa shape index (κ1) is 13.1. The molecule has 2 amide bonds. The summed E-state index contributed by atoms with van der Waals surface area (Å²) in [6.45, 7) is 0. The lowest BCUT2D eigenvalue weighted by molar-refractivity contribution is 0.0992. The van der Waals surface area contributed by atoms with Gasteiger partial charge in [0.25, 0.3) is 11.8 Å². The summed E-state index contributed by atoms with van der Waals surface area (Å²) < 4.78 is 26.7. The van der Waals surface area contributed by atoms with Gasteiger partial charge in [-0.15, -0.1) is 11.3 Å². The van der Waals surface area contributed by atoms with Crippen molar-refractivity contribution in [3.05, 3.63) is 45.9 Å². The molecule has 19 heavy (non-hydrogen) atoms. The summed E-state index contributed by atoms with van der Waals surface area (Å²) in [7, 11) is 0. The molecule has 3 N–H and O–H groups in total. The molecule has 0 saturated carbocycles. The summed E-state index contributed by atoms with van der Waals surface area (Å²) in [5.74, 6) is -3.81. The SMILES string of the molecule is NC(=O)c1cc(NC(=O)c2cscn2)c(F)cc1F. The first-order valence-electron chi connectivity index (χ1n) is 4.97. The average Bonchev–Trinajstić information content (AvgIpc) is 2.85. The van der Waals surface area contributed by atoms with Crippen molar-refractivity contribution in [2.45, 2.75) is 0 Å². The molecule has 5 nitrogen and oxygen atoms in total. The number of thiazole rings is 1. The maximum absolute atomic E-state index is 13.5. The van der Waals surface area contributed by atoms with Crippen LogP contribution in [0, 0.1) is 11.6 Å². The largest absolute Gasteiger partial charge is 0.366 e. The number of carbonyl (C=O) groups is 2. The fourth-order valence-corrected chi connectivity index (χ4v) is 1.88. The molecular formula is C11H7F2N3O2S. The van der Waals surface area contributed by atoms with Crippen molar-refractivity contribution in [2.24, 2.45) is 5.73 Å². The molecule has 0 bridgehead atoms. The Morgan fingerprint density at radius 3 is 2.58 bits per heavy atom. The number of benzene rings is 1. The molecule has 8 heteroatoms. The molecule has 1 aromatic carbocycles. The van der Waals surface area contributed by atoms with Crippen molar-refractivity contribution in [1.29, 1.82) is 0 Å². The fourth-order valence-electron chi connectivity index (χ4n) is 1.34. The zero-order valence-corrected chi connectivity index (χ0v) is 10.1. The quantitative estimate of drug-likeness (QED) is 0.900. The number of nitrogens with one attached hydrogen (secondary N) is 1. The number of rotatable bonds is 3. The molecule has 0 aliphatic carbocycles. The van der Waals surface area contributed by atoms with E-state index in [0.717, 1.165) is 6.07 Å². The zero-order chi connectivity index (χ0) is 14.0. The predicted octanol–water partition coefficient (Wildman–Crippen LogP) is 1.77. The van der Waals surface area contributed by atoms with E-state index in [1.165, 1.54) is 22.2 Å². The standard InChI is InChI=1S/C11H7F2N3O2S/c12-6-2-7(13)8(1-5(6)10(14)17)16-11(18)9-3-19-4-15-9/h1-4H,(H2,14,17)(H,16,18). The second kappa shape index (κ2) is 5.11. The number of aromatic nitrogens is 1. The molecule has 0 spiro atoms. The van der Waals surface area contributed by atoms with E-state index in [1.54, 1.807) is 0 Å². The maximum atomic E-state index is 13.5. The molecule has 0 unspecified atom stereocenters. The van der Waals surface area contributed by atoms with E-state index < -0.39 is 29.0 Å². The van der Waals surface area contributed by atoms with Crippen molar-refractivity contribution in [3.63, 3.8) is 0 Å². The Bertz CT molecular complexity index is 644. The topological polar surface area (TPSA) is 85.1 Å². The van der Waals surface area contributed by atoms with Crippen LogP contribution in [0.25, 0.3) is 0 Å². The number of anilines is 1. The number of hydrogen-bond donors (Lipinski definition) is 2. The minimum Gasteiger partial charge on any atom is -0.366 e. The predicted molar refractivity (Wildman–Crippen MR) is 64.9 cm³/mol. The molecule has 0 aliphatic rings. The summed E-state index contributed by atoms with van der Waals surface area (Å²) in [6.07, 6.45) is 0. The number of carbonyl (C=O) groups excluding carboxylic acids is 2. The number of primary amides is 1. The highest BCUT2D eigenvalue weighted by atomic mass is 32.1. The van der Waals surface area contributed by atoms with Gasteiger partial charge in [-0.3, -0.25) is 9.59 Å². The van der Waals surface area contributed by atoms with Gasteiger partial charge in [0.15, 0.2) is 0 Å². The van der Waals surface area contributed by atoms with E-state index in [9.17, 15) is 18.4 Å². The summed E-state index contributed by atoms with van der Waals surface area (Å²) >= 11 is 1.19. The third-order valence-electron chi connectivity index (χ3n) is 2.24. The Kier molecular flexibility index (Phi) is 3.52. The van der Waals surface area contributed by atoms with E-state index in [2.05, 4.69) is 10.3 Å². The Morgan fingerprint density at radius 1 is 1.26 bits per heavy atom.